The number of hydrogen-bond donors (Lipinski definition) is 1. The molecule has 0 saturated carbocycles. The lowest BCUT2D eigenvalue weighted by Gasteiger charge is -2.08. The highest BCUT2D eigenvalue weighted by molar-refractivity contribution is 7.90. The molecule has 0 aliphatic heterocycles. The number of benzene rings is 2. The fourth-order valence-electron chi connectivity index (χ4n) is 1.96. The van der Waals surface area contributed by atoms with Gasteiger partial charge in [-0.2, -0.15) is 0 Å². The fourth-order valence-corrected chi connectivity index (χ4v) is 2.97. The molecule has 4 nitrogen and oxygen atoms in total. The second-order valence-electron chi connectivity index (χ2n) is 5.21. The minimum atomic E-state index is -3.34. The van der Waals surface area contributed by atoms with E-state index in [9.17, 15) is 13.2 Å². The second-order valence-corrected chi connectivity index (χ2v) is 8.02. The van der Waals surface area contributed by atoms with Crippen LogP contribution in [-0.4, -0.2) is 20.6 Å². The van der Waals surface area contributed by atoms with Crippen LogP contribution in [0.2, 0.25) is 10.0 Å². The van der Waals surface area contributed by atoms with E-state index in [0.717, 1.165) is 11.8 Å². The summed E-state index contributed by atoms with van der Waals surface area (Å²) in [6, 6.07) is 9.69. The van der Waals surface area contributed by atoms with Crippen LogP contribution in [0, 0.1) is 6.92 Å². The van der Waals surface area contributed by atoms with Gasteiger partial charge in [0.05, 0.1) is 14.9 Å². The minimum absolute atomic E-state index is 0.144. The number of halogens is 2. The van der Waals surface area contributed by atoms with E-state index in [4.69, 9.17) is 23.2 Å². The Morgan fingerprint density at radius 2 is 1.88 bits per heavy atom. The monoisotopic (exact) mass is 383 g/mol. The van der Waals surface area contributed by atoms with Crippen LogP contribution in [-0.2, 0) is 14.6 Å². The lowest BCUT2D eigenvalue weighted by molar-refractivity contribution is -0.111. The van der Waals surface area contributed by atoms with Gasteiger partial charge in [-0.1, -0.05) is 41.4 Å². The summed E-state index contributed by atoms with van der Waals surface area (Å²) in [4.78, 5) is 12.2. The lowest BCUT2D eigenvalue weighted by atomic mass is 10.2. The van der Waals surface area contributed by atoms with Gasteiger partial charge in [0, 0.05) is 18.0 Å². The van der Waals surface area contributed by atoms with E-state index in [2.05, 4.69) is 5.32 Å². The zero-order chi connectivity index (χ0) is 17.9. The number of rotatable bonds is 4. The number of hydrogen-bond acceptors (Lipinski definition) is 3. The minimum Gasteiger partial charge on any atom is -0.322 e. The Bertz CT molecular complexity index is 921. The smallest absolute Gasteiger partial charge is 0.248 e. The number of aryl methyl sites for hydroxylation is 1. The number of sulfone groups is 1. The third-order valence-electron chi connectivity index (χ3n) is 3.29. The highest BCUT2D eigenvalue weighted by Gasteiger charge is 2.10. The van der Waals surface area contributed by atoms with Gasteiger partial charge in [-0.05, 0) is 42.3 Å². The van der Waals surface area contributed by atoms with E-state index < -0.39 is 15.7 Å². The molecule has 126 valence electrons. The van der Waals surface area contributed by atoms with Crippen LogP contribution < -0.4 is 5.32 Å². The molecule has 1 N–H and O–H groups in total. The Labute approximate surface area is 151 Å². The molecule has 0 aromatic heterocycles. The molecule has 2 aromatic rings. The molecular weight excluding hydrogens is 369 g/mol. The first kappa shape index (κ1) is 18.5. The molecule has 0 spiro atoms. The van der Waals surface area contributed by atoms with Gasteiger partial charge in [-0.15, -0.1) is 0 Å². The molecule has 0 heterocycles. The Hall–Kier alpha value is -1.82. The number of anilines is 1. The first-order chi connectivity index (χ1) is 11.2. The summed E-state index contributed by atoms with van der Waals surface area (Å²) < 4.78 is 23.2. The molecule has 2 aromatic carbocycles. The Kier molecular flexibility index (Phi) is 5.70. The molecule has 0 saturated heterocycles. The summed E-state index contributed by atoms with van der Waals surface area (Å²) in [6.45, 7) is 1.78. The van der Waals surface area contributed by atoms with Crippen LogP contribution >= 0.6 is 23.2 Å². The van der Waals surface area contributed by atoms with Crippen molar-refractivity contribution >= 4 is 50.7 Å². The van der Waals surface area contributed by atoms with Gasteiger partial charge in [0.15, 0.2) is 9.84 Å². The maximum Gasteiger partial charge on any atom is 0.248 e. The average molecular weight is 384 g/mol. The maximum absolute atomic E-state index is 12.1. The summed E-state index contributed by atoms with van der Waals surface area (Å²) >= 11 is 12.0. The molecule has 1 amide bonds. The summed E-state index contributed by atoms with van der Waals surface area (Å²) in [5, 5.41) is 3.42. The first-order valence-electron chi connectivity index (χ1n) is 6.92. The third-order valence-corrected chi connectivity index (χ3v) is 5.23. The second kappa shape index (κ2) is 7.38. The van der Waals surface area contributed by atoms with Gasteiger partial charge >= 0.3 is 0 Å². The van der Waals surface area contributed by atoms with Crippen molar-refractivity contribution in [3.63, 3.8) is 0 Å². The maximum atomic E-state index is 12.1. The molecule has 0 radical (unpaired) electrons. The van der Waals surface area contributed by atoms with E-state index in [1.165, 1.54) is 18.2 Å². The molecule has 7 heteroatoms. The standard InChI is InChI=1S/C17H15Cl2NO3S/c1-11-6-8-13(24(2,22)23)10-15(11)20-16(21)9-7-12-4-3-5-14(18)17(12)19/h3-10H,1-2H3,(H,20,21)/b9-7+. The topological polar surface area (TPSA) is 63.2 Å². The molecule has 0 fully saturated rings. The van der Waals surface area contributed by atoms with Gasteiger partial charge in [-0.3, -0.25) is 4.79 Å². The molecule has 2 rings (SSSR count). The molecule has 0 bridgehead atoms. The van der Waals surface area contributed by atoms with Gasteiger partial charge in [0.2, 0.25) is 5.91 Å². The van der Waals surface area contributed by atoms with E-state index in [1.807, 2.05) is 0 Å². The zero-order valence-electron chi connectivity index (χ0n) is 13.0. The zero-order valence-corrected chi connectivity index (χ0v) is 15.3. The average Bonchev–Trinajstić information content (AvgIpc) is 2.50. The van der Waals surface area contributed by atoms with Crippen molar-refractivity contribution in [2.24, 2.45) is 0 Å². The first-order valence-corrected chi connectivity index (χ1v) is 9.57. The highest BCUT2D eigenvalue weighted by atomic mass is 35.5. The van der Waals surface area contributed by atoms with Crippen molar-refractivity contribution in [3.05, 3.63) is 63.6 Å². The van der Waals surface area contributed by atoms with Crippen molar-refractivity contribution in [2.75, 3.05) is 11.6 Å². The number of carbonyl (C=O) groups excluding carboxylic acids is 1. The van der Waals surface area contributed by atoms with E-state index >= 15 is 0 Å². The van der Waals surface area contributed by atoms with E-state index in [1.54, 1.807) is 37.3 Å². The number of amides is 1. The van der Waals surface area contributed by atoms with Crippen LogP contribution in [0.25, 0.3) is 6.08 Å². The Balaban J connectivity index is 2.21. The summed E-state index contributed by atoms with van der Waals surface area (Å²) in [5.74, 6) is -0.403. The predicted octanol–water partition coefficient (Wildman–Crippen LogP) is 4.36. The van der Waals surface area contributed by atoms with Crippen molar-refractivity contribution in [1.29, 1.82) is 0 Å². The summed E-state index contributed by atoms with van der Waals surface area (Å²) in [7, 11) is -3.34. The third kappa shape index (κ3) is 4.60. The van der Waals surface area contributed by atoms with Crippen LogP contribution in [0.3, 0.4) is 0 Å². The van der Waals surface area contributed by atoms with E-state index in [-0.39, 0.29) is 4.90 Å². The quantitative estimate of drug-likeness (QED) is 0.797. The summed E-state index contributed by atoms with van der Waals surface area (Å²) in [5.41, 5.74) is 1.80. The van der Waals surface area contributed by atoms with Gasteiger partial charge in [0.1, 0.15) is 0 Å². The predicted molar refractivity (Wildman–Crippen MR) is 98.4 cm³/mol. The number of carbonyl (C=O) groups is 1. The van der Waals surface area contributed by atoms with Gasteiger partial charge in [-0.25, -0.2) is 8.42 Å². The van der Waals surface area contributed by atoms with Gasteiger partial charge < -0.3 is 5.32 Å². The van der Waals surface area contributed by atoms with Crippen molar-refractivity contribution < 1.29 is 13.2 Å². The SMILES string of the molecule is Cc1ccc(S(C)(=O)=O)cc1NC(=O)/C=C/c1cccc(Cl)c1Cl. The van der Waals surface area contributed by atoms with Crippen molar-refractivity contribution in [3.8, 4) is 0 Å². The molecule has 0 aliphatic carbocycles. The fraction of sp³-hybridized carbons (Fsp3) is 0.118. The molecular formula is C17H15Cl2NO3S. The molecule has 0 atom stereocenters. The summed E-state index contributed by atoms with van der Waals surface area (Å²) in [6.07, 6.45) is 3.97. The van der Waals surface area contributed by atoms with Crippen LogP contribution in [0.5, 0.6) is 0 Å². The number of nitrogens with one attached hydrogen (secondary N) is 1. The highest BCUT2D eigenvalue weighted by Crippen LogP contribution is 2.26. The molecule has 24 heavy (non-hydrogen) atoms. The van der Waals surface area contributed by atoms with Crippen LogP contribution in [0.1, 0.15) is 11.1 Å². The van der Waals surface area contributed by atoms with Crippen molar-refractivity contribution in [2.45, 2.75) is 11.8 Å². The van der Waals surface area contributed by atoms with Crippen LogP contribution in [0.4, 0.5) is 5.69 Å². The Morgan fingerprint density at radius 1 is 1.17 bits per heavy atom. The largest absolute Gasteiger partial charge is 0.322 e. The van der Waals surface area contributed by atoms with Gasteiger partial charge in [0.25, 0.3) is 0 Å². The molecule has 0 aliphatic rings. The van der Waals surface area contributed by atoms with Crippen LogP contribution in [0.15, 0.2) is 47.4 Å². The Morgan fingerprint density at radius 3 is 2.54 bits per heavy atom. The van der Waals surface area contributed by atoms with E-state index in [0.29, 0.717) is 21.3 Å². The van der Waals surface area contributed by atoms with Crippen molar-refractivity contribution in [1.82, 2.24) is 0 Å². The molecule has 0 unspecified atom stereocenters. The normalized spacial score (nSPS) is 11.7. The lowest BCUT2D eigenvalue weighted by Crippen LogP contribution is -2.10.